The molecule has 3 nitrogen and oxygen atoms in total. The number of aromatic nitrogens is 2. The molecule has 4 rings (SSSR count). The molecule has 0 N–H and O–H groups in total. The van der Waals surface area contributed by atoms with E-state index in [4.69, 9.17) is 4.74 Å². The second-order valence-corrected chi connectivity index (χ2v) is 9.69. The molecule has 32 heavy (non-hydrogen) atoms. The maximum absolute atomic E-state index is 15.0. The Morgan fingerprint density at radius 1 is 0.844 bits per heavy atom. The molecular formula is C27H36F2N2O. The fourth-order valence-electron chi connectivity index (χ4n) is 5.53. The second-order valence-electron chi connectivity index (χ2n) is 9.69. The summed E-state index contributed by atoms with van der Waals surface area (Å²) in [7, 11) is 0. The van der Waals surface area contributed by atoms with Crippen molar-refractivity contribution in [2.75, 3.05) is 6.61 Å². The molecule has 1 aromatic heterocycles. The van der Waals surface area contributed by atoms with E-state index in [1.807, 2.05) is 0 Å². The van der Waals surface area contributed by atoms with Crippen LogP contribution in [0.4, 0.5) is 8.78 Å². The van der Waals surface area contributed by atoms with Crippen molar-refractivity contribution in [2.24, 2.45) is 5.92 Å². The van der Waals surface area contributed by atoms with E-state index >= 15 is 0 Å². The summed E-state index contributed by atoms with van der Waals surface area (Å²) in [4.78, 5) is 8.82. The molecule has 2 heterocycles. The van der Waals surface area contributed by atoms with Gasteiger partial charge in [-0.15, -0.1) is 0 Å². The van der Waals surface area contributed by atoms with Gasteiger partial charge in [-0.2, -0.15) is 0 Å². The summed E-state index contributed by atoms with van der Waals surface area (Å²) < 4.78 is 35.8. The first-order valence-electron chi connectivity index (χ1n) is 12.5. The Kier molecular flexibility index (Phi) is 7.88. The van der Waals surface area contributed by atoms with Crippen LogP contribution in [0.3, 0.4) is 0 Å². The molecular weight excluding hydrogens is 406 g/mol. The maximum atomic E-state index is 15.0. The first kappa shape index (κ1) is 23.3. The SMILES string of the molecule is CCCC1CCC(c2cnc(-c3ccc(C4CCC(CCC)OC4)c(F)c3F)nc2)CC1. The van der Waals surface area contributed by atoms with Crippen LogP contribution in [-0.2, 0) is 4.74 Å². The molecule has 0 radical (unpaired) electrons. The summed E-state index contributed by atoms with van der Waals surface area (Å²) >= 11 is 0. The van der Waals surface area contributed by atoms with Gasteiger partial charge in [0.2, 0.25) is 0 Å². The van der Waals surface area contributed by atoms with Crippen molar-refractivity contribution >= 4 is 0 Å². The summed E-state index contributed by atoms with van der Waals surface area (Å²) in [6.07, 6.45) is 15.1. The van der Waals surface area contributed by atoms with E-state index in [1.165, 1.54) is 25.7 Å². The molecule has 174 valence electrons. The number of benzene rings is 1. The van der Waals surface area contributed by atoms with Crippen molar-refractivity contribution in [3.8, 4) is 11.4 Å². The highest BCUT2D eigenvalue weighted by molar-refractivity contribution is 5.57. The standard InChI is InChI=1S/C27H36F2N2O/c1-3-5-18-7-9-19(10-8-18)21-15-30-27(31-16-21)24-14-13-23(25(28)26(24)29)20-11-12-22(6-4-2)32-17-20/h13-16,18-20,22H,3-12,17H2,1-2H3. The molecule has 2 aliphatic rings. The van der Waals surface area contributed by atoms with Crippen LogP contribution in [0.1, 0.15) is 101 Å². The van der Waals surface area contributed by atoms with Crippen molar-refractivity contribution < 1.29 is 13.5 Å². The van der Waals surface area contributed by atoms with Gasteiger partial charge >= 0.3 is 0 Å². The Balaban J connectivity index is 1.43. The van der Waals surface area contributed by atoms with Gasteiger partial charge < -0.3 is 4.74 Å². The third-order valence-electron chi connectivity index (χ3n) is 7.46. The molecule has 0 bridgehead atoms. The lowest BCUT2D eigenvalue weighted by molar-refractivity contribution is -0.00181. The zero-order valence-electron chi connectivity index (χ0n) is 19.5. The molecule has 1 aliphatic heterocycles. The van der Waals surface area contributed by atoms with Crippen molar-refractivity contribution in [3.63, 3.8) is 0 Å². The van der Waals surface area contributed by atoms with Crippen LogP contribution in [0.5, 0.6) is 0 Å². The molecule has 1 aromatic carbocycles. The maximum Gasteiger partial charge on any atom is 0.170 e. The van der Waals surface area contributed by atoms with Crippen molar-refractivity contribution in [3.05, 3.63) is 47.3 Å². The number of nitrogens with zero attached hydrogens (tertiary/aromatic N) is 2. The van der Waals surface area contributed by atoms with Crippen LogP contribution in [-0.4, -0.2) is 22.7 Å². The molecule has 1 aliphatic carbocycles. The van der Waals surface area contributed by atoms with Gasteiger partial charge in [0, 0.05) is 18.3 Å². The van der Waals surface area contributed by atoms with Crippen LogP contribution in [0.25, 0.3) is 11.4 Å². The summed E-state index contributed by atoms with van der Waals surface area (Å²) in [6.45, 7) is 4.83. The fraction of sp³-hybridized carbons (Fsp3) is 0.630. The zero-order valence-corrected chi connectivity index (χ0v) is 19.5. The highest BCUT2D eigenvalue weighted by Gasteiger charge is 2.27. The largest absolute Gasteiger partial charge is 0.378 e. The lowest BCUT2D eigenvalue weighted by atomic mass is 9.78. The van der Waals surface area contributed by atoms with Gasteiger partial charge in [-0.1, -0.05) is 39.2 Å². The summed E-state index contributed by atoms with van der Waals surface area (Å²) in [5, 5.41) is 0. The Bertz CT molecular complexity index is 870. The average molecular weight is 443 g/mol. The van der Waals surface area contributed by atoms with Gasteiger partial charge in [0.1, 0.15) is 0 Å². The van der Waals surface area contributed by atoms with E-state index in [1.54, 1.807) is 24.5 Å². The zero-order chi connectivity index (χ0) is 22.5. The summed E-state index contributed by atoms with van der Waals surface area (Å²) in [5.74, 6) is -0.168. The van der Waals surface area contributed by atoms with Gasteiger partial charge in [0.25, 0.3) is 0 Å². The van der Waals surface area contributed by atoms with Gasteiger partial charge in [0.15, 0.2) is 17.5 Å². The molecule has 5 heteroatoms. The smallest absolute Gasteiger partial charge is 0.170 e. The highest BCUT2D eigenvalue weighted by atomic mass is 19.2. The molecule has 2 atom stereocenters. The Morgan fingerprint density at radius 2 is 1.53 bits per heavy atom. The van der Waals surface area contributed by atoms with Gasteiger partial charge in [-0.25, -0.2) is 18.7 Å². The molecule has 0 spiro atoms. The normalized spacial score (nSPS) is 26.2. The van der Waals surface area contributed by atoms with Crippen LogP contribution >= 0.6 is 0 Å². The van der Waals surface area contributed by atoms with Crippen LogP contribution in [0, 0.1) is 17.6 Å². The molecule has 1 saturated carbocycles. The van der Waals surface area contributed by atoms with E-state index in [0.717, 1.165) is 50.0 Å². The van der Waals surface area contributed by atoms with Crippen molar-refractivity contribution in [2.45, 2.75) is 96.0 Å². The van der Waals surface area contributed by atoms with E-state index < -0.39 is 11.6 Å². The van der Waals surface area contributed by atoms with E-state index in [-0.39, 0.29) is 23.4 Å². The summed E-state index contributed by atoms with van der Waals surface area (Å²) in [6, 6.07) is 3.31. The van der Waals surface area contributed by atoms with Crippen LogP contribution < -0.4 is 0 Å². The minimum atomic E-state index is -0.856. The average Bonchev–Trinajstić information content (AvgIpc) is 2.83. The predicted octanol–water partition coefficient (Wildman–Crippen LogP) is 7.56. The third-order valence-corrected chi connectivity index (χ3v) is 7.46. The predicted molar refractivity (Wildman–Crippen MR) is 124 cm³/mol. The van der Waals surface area contributed by atoms with Crippen LogP contribution in [0.2, 0.25) is 0 Å². The first-order valence-corrected chi connectivity index (χ1v) is 12.5. The fourth-order valence-corrected chi connectivity index (χ4v) is 5.53. The quantitative estimate of drug-likeness (QED) is 0.444. The number of rotatable bonds is 7. The molecule has 1 saturated heterocycles. The molecule has 2 aromatic rings. The molecule has 0 amide bonds. The topological polar surface area (TPSA) is 35.0 Å². The van der Waals surface area contributed by atoms with Crippen LogP contribution in [0.15, 0.2) is 24.5 Å². The van der Waals surface area contributed by atoms with E-state index in [0.29, 0.717) is 18.1 Å². The Hall–Kier alpha value is -1.88. The monoisotopic (exact) mass is 442 g/mol. The Morgan fingerprint density at radius 3 is 2.16 bits per heavy atom. The minimum absolute atomic E-state index is 0.0993. The highest BCUT2D eigenvalue weighted by Crippen LogP contribution is 2.38. The lowest BCUT2D eigenvalue weighted by Crippen LogP contribution is -2.25. The summed E-state index contributed by atoms with van der Waals surface area (Å²) in [5.41, 5.74) is 1.65. The molecule has 2 unspecified atom stereocenters. The lowest BCUT2D eigenvalue weighted by Gasteiger charge is -2.29. The number of hydrogen-bond acceptors (Lipinski definition) is 3. The van der Waals surface area contributed by atoms with Crippen molar-refractivity contribution in [1.82, 2.24) is 9.97 Å². The Labute approximate surface area is 191 Å². The number of ether oxygens (including phenoxy) is 1. The number of hydrogen-bond donors (Lipinski definition) is 0. The number of halogens is 2. The first-order chi connectivity index (χ1) is 15.6. The van der Waals surface area contributed by atoms with Crippen molar-refractivity contribution in [1.29, 1.82) is 0 Å². The van der Waals surface area contributed by atoms with Gasteiger partial charge in [-0.3, -0.25) is 0 Å². The third kappa shape index (κ3) is 5.19. The molecule has 2 fully saturated rings. The van der Waals surface area contributed by atoms with E-state index in [2.05, 4.69) is 23.8 Å². The van der Waals surface area contributed by atoms with E-state index in [9.17, 15) is 8.78 Å². The second kappa shape index (κ2) is 10.8. The van der Waals surface area contributed by atoms with Gasteiger partial charge in [0.05, 0.1) is 18.3 Å². The van der Waals surface area contributed by atoms with Gasteiger partial charge in [-0.05, 0) is 74.0 Å². The minimum Gasteiger partial charge on any atom is -0.378 e.